The first kappa shape index (κ1) is 26.0. The van der Waals surface area contributed by atoms with Crippen LogP contribution in [0.15, 0.2) is 114 Å². The van der Waals surface area contributed by atoms with E-state index in [1.54, 1.807) is 54.6 Å². The van der Waals surface area contributed by atoms with Crippen molar-refractivity contribution in [3.8, 4) is 5.75 Å². The summed E-state index contributed by atoms with van der Waals surface area (Å²) < 4.78 is 34.4. The Balaban J connectivity index is 1.68. The second-order valence-corrected chi connectivity index (χ2v) is 10.4. The van der Waals surface area contributed by atoms with Crippen LogP contribution >= 0.6 is 0 Å². The van der Waals surface area contributed by atoms with Gasteiger partial charge in [-0.15, -0.1) is 0 Å². The van der Waals surface area contributed by atoms with Gasteiger partial charge in [-0.1, -0.05) is 72.8 Å². The van der Waals surface area contributed by atoms with E-state index in [9.17, 15) is 13.2 Å². The van der Waals surface area contributed by atoms with Gasteiger partial charge in [0.05, 0.1) is 35.3 Å². The third-order valence-corrected chi connectivity index (χ3v) is 7.73. The van der Waals surface area contributed by atoms with Crippen LogP contribution in [0.3, 0.4) is 0 Å². The molecule has 0 bridgehead atoms. The second kappa shape index (κ2) is 11.8. The molecule has 4 rings (SSSR count). The summed E-state index contributed by atoms with van der Waals surface area (Å²) in [7, 11) is -3.96. The quantitative estimate of drug-likeness (QED) is 0.283. The van der Waals surface area contributed by atoms with Gasteiger partial charge in [-0.05, 0) is 61.4 Å². The van der Waals surface area contributed by atoms with Crippen LogP contribution in [0.25, 0.3) is 0 Å². The van der Waals surface area contributed by atoms with Gasteiger partial charge in [-0.2, -0.15) is 0 Å². The fraction of sp³-hybridized carbons (Fsp3) is 0.167. The molecular formula is C30H30N2O4S. The summed E-state index contributed by atoms with van der Waals surface area (Å²) >= 11 is 0. The van der Waals surface area contributed by atoms with Gasteiger partial charge in [0.15, 0.2) is 0 Å². The molecule has 0 spiro atoms. The SMILES string of the molecule is CCOc1ccc([C@H](C)NC(=O)c2ccccc2N(Cc2ccccc2)S(=O)(=O)c2ccccc2)cc1. The predicted molar refractivity (Wildman–Crippen MR) is 146 cm³/mol. The molecule has 0 saturated carbocycles. The summed E-state index contributed by atoms with van der Waals surface area (Å²) in [6.07, 6.45) is 0. The van der Waals surface area contributed by atoms with Crippen molar-refractivity contribution < 1.29 is 17.9 Å². The monoisotopic (exact) mass is 514 g/mol. The molecule has 0 heterocycles. The molecule has 7 heteroatoms. The molecule has 1 N–H and O–H groups in total. The summed E-state index contributed by atoms with van der Waals surface area (Å²) in [6.45, 7) is 4.47. The first-order valence-corrected chi connectivity index (χ1v) is 13.6. The Morgan fingerprint density at radius 3 is 2.08 bits per heavy atom. The zero-order valence-corrected chi connectivity index (χ0v) is 21.7. The molecule has 1 atom stereocenters. The Kier molecular flexibility index (Phi) is 8.25. The summed E-state index contributed by atoms with van der Waals surface area (Å²) in [4.78, 5) is 13.6. The normalized spacial score (nSPS) is 11.9. The Morgan fingerprint density at radius 2 is 1.43 bits per heavy atom. The molecular weight excluding hydrogens is 484 g/mol. The number of nitrogens with zero attached hydrogens (tertiary/aromatic N) is 1. The number of sulfonamides is 1. The number of amides is 1. The number of carbonyl (C=O) groups excluding carboxylic acids is 1. The predicted octanol–water partition coefficient (Wildman–Crippen LogP) is 5.97. The number of anilines is 1. The molecule has 4 aromatic rings. The summed E-state index contributed by atoms with van der Waals surface area (Å²) in [5, 5.41) is 3.01. The summed E-state index contributed by atoms with van der Waals surface area (Å²) in [5.74, 6) is 0.399. The highest BCUT2D eigenvalue weighted by Gasteiger charge is 2.29. The van der Waals surface area contributed by atoms with Gasteiger partial charge in [0.2, 0.25) is 0 Å². The van der Waals surface area contributed by atoms with Gasteiger partial charge in [-0.25, -0.2) is 8.42 Å². The number of hydrogen-bond donors (Lipinski definition) is 1. The summed E-state index contributed by atoms with van der Waals surface area (Å²) in [5.41, 5.74) is 2.30. The van der Waals surface area contributed by atoms with E-state index in [2.05, 4.69) is 5.32 Å². The van der Waals surface area contributed by atoms with Crippen LogP contribution in [0.5, 0.6) is 5.75 Å². The van der Waals surface area contributed by atoms with Gasteiger partial charge in [0, 0.05) is 0 Å². The topological polar surface area (TPSA) is 75.7 Å². The number of para-hydroxylation sites is 1. The van der Waals surface area contributed by atoms with E-state index >= 15 is 0 Å². The lowest BCUT2D eigenvalue weighted by Gasteiger charge is -2.27. The molecule has 0 aliphatic rings. The van der Waals surface area contributed by atoms with E-state index in [-0.39, 0.29) is 29.0 Å². The van der Waals surface area contributed by atoms with Crippen LogP contribution < -0.4 is 14.4 Å². The number of nitrogens with one attached hydrogen (secondary N) is 1. The van der Waals surface area contributed by atoms with E-state index in [1.165, 1.54) is 4.31 Å². The average molecular weight is 515 g/mol. The van der Waals surface area contributed by atoms with Crippen LogP contribution in [0.2, 0.25) is 0 Å². The van der Waals surface area contributed by atoms with Crippen LogP contribution in [-0.4, -0.2) is 20.9 Å². The van der Waals surface area contributed by atoms with Crippen molar-refractivity contribution in [1.29, 1.82) is 0 Å². The Hall–Kier alpha value is -4.10. The minimum atomic E-state index is -3.96. The molecule has 0 unspecified atom stereocenters. The molecule has 0 aliphatic heterocycles. The van der Waals surface area contributed by atoms with Gasteiger partial charge in [0.1, 0.15) is 5.75 Å². The fourth-order valence-corrected chi connectivity index (χ4v) is 5.52. The highest BCUT2D eigenvalue weighted by atomic mass is 32.2. The summed E-state index contributed by atoms with van der Waals surface area (Å²) in [6, 6.07) is 31.6. The van der Waals surface area contributed by atoms with Crippen LogP contribution in [0.1, 0.15) is 41.4 Å². The highest BCUT2D eigenvalue weighted by molar-refractivity contribution is 7.92. The molecule has 190 valence electrons. The van der Waals surface area contributed by atoms with Crippen molar-refractivity contribution in [2.45, 2.75) is 31.3 Å². The number of hydrogen-bond acceptors (Lipinski definition) is 4. The lowest BCUT2D eigenvalue weighted by Crippen LogP contribution is -2.34. The number of carbonyl (C=O) groups is 1. The van der Waals surface area contributed by atoms with Crippen molar-refractivity contribution >= 4 is 21.6 Å². The van der Waals surface area contributed by atoms with Crippen molar-refractivity contribution in [2.75, 3.05) is 10.9 Å². The zero-order valence-electron chi connectivity index (χ0n) is 20.9. The third-order valence-electron chi connectivity index (χ3n) is 5.96. The molecule has 0 fully saturated rings. The van der Waals surface area contributed by atoms with E-state index in [4.69, 9.17) is 4.74 Å². The maximum atomic E-state index is 13.8. The Morgan fingerprint density at radius 1 is 0.838 bits per heavy atom. The molecule has 0 radical (unpaired) electrons. The van der Waals surface area contributed by atoms with Gasteiger partial charge in [0.25, 0.3) is 15.9 Å². The smallest absolute Gasteiger partial charge is 0.264 e. The molecule has 0 aromatic heterocycles. The molecule has 37 heavy (non-hydrogen) atoms. The minimum absolute atomic E-state index is 0.0802. The fourth-order valence-electron chi connectivity index (χ4n) is 4.03. The number of ether oxygens (including phenoxy) is 1. The maximum Gasteiger partial charge on any atom is 0.264 e. The minimum Gasteiger partial charge on any atom is -0.494 e. The van der Waals surface area contributed by atoms with Gasteiger partial charge < -0.3 is 10.1 Å². The Bertz CT molecular complexity index is 1420. The van der Waals surface area contributed by atoms with Crippen LogP contribution in [0.4, 0.5) is 5.69 Å². The van der Waals surface area contributed by atoms with E-state index in [1.807, 2.05) is 68.4 Å². The van der Waals surface area contributed by atoms with E-state index in [0.29, 0.717) is 12.3 Å². The maximum absolute atomic E-state index is 13.8. The average Bonchev–Trinajstić information content (AvgIpc) is 2.93. The van der Waals surface area contributed by atoms with Gasteiger partial charge in [-0.3, -0.25) is 9.10 Å². The van der Waals surface area contributed by atoms with E-state index < -0.39 is 10.0 Å². The Labute approximate surface area is 218 Å². The molecule has 6 nitrogen and oxygen atoms in total. The second-order valence-electron chi connectivity index (χ2n) is 8.52. The largest absolute Gasteiger partial charge is 0.494 e. The van der Waals surface area contributed by atoms with Crippen LogP contribution in [-0.2, 0) is 16.6 Å². The molecule has 1 amide bonds. The third kappa shape index (κ3) is 6.19. The molecule has 0 saturated heterocycles. The lowest BCUT2D eigenvalue weighted by molar-refractivity contribution is 0.0940. The zero-order chi connectivity index (χ0) is 26.3. The standard InChI is InChI=1S/C30H30N2O4S/c1-3-36-26-20-18-25(19-21-26)23(2)31-30(33)28-16-10-11-17-29(28)32(22-24-12-6-4-7-13-24)37(34,35)27-14-8-5-9-15-27/h4-21,23H,3,22H2,1-2H3,(H,31,33)/t23-/m0/s1. The highest BCUT2D eigenvalue weighted by Crippen LogP contribution is 2.30. The van der Waals surface area contributed by atoms with Crippen molar-refractivity contribution in [3.63, 3.8) is 0 Å². The van der Waals surface area contributed by atoms with Crippen molar-refractivity contribution in [2.24, 2.45) is 0 Å². The molecule has 4 aromatic carbocycles. The van der Waals surface area contributed by atoms with Crippen LogP contribution in [0, 0.1) is 0 Å². The lowest BCUT2D eigenvalue weighted by atomic mass is 10.1. The van der Waals surface area contributed by atoms with Crippen molar-refractivity contribution in [1.82, 2.24) is 5.32 Å². The number of rotatable bonds is 10. The first-order valence-electron chi connectivity index (χ1n) is 12.1. The first-order chi connectivity index (χ1) is 17.9. The van der Waals surface area contributed by atoms with Gasteiger partial charge >= 0.3 is 0 Å². The van der Waals surface area contributed by atoms with Crippen molar-refractivity contribution in [3.05, 3.63) is 126 Å². The number of benzene rings is 4. The molecule has 0 aliphatic carbocycles. The van der Waals surface area contributed by atoms with E-state index in [0.717, 1.165) is 16.9 Å².